The van der Waals surface area contributed by atoms with Crippen LogP contribution in [0.2, 0.25) is 0 Å². The van der Waals surface area contributed by atoms with Gasteiger partial charge in [-0.25, -0.2) is 4.79 Å². The van der Waals surface area contributed by atoms with Crippen LogP contribution in [0, 0.1) is 6.92 Å². The highest BCUT2D eigenvalue weighted by molar-refractivity contribution is 5.88. The zero-order valence-corrected chi connectivity index (χ0v) is 14.4. The molecule has 0 aliphatic rings. The highest BCUT2D eigenvalue weighted by Gasteiger charge is 2.16. The number of nitrogens with zero attached hydrogens (tertiary/aromatic N) is 2. The molecule has 0 unspecified atom stereocenters. The summed E-state index contributed by atoms with van der Waals surface area (Å²) in [5, 5.41) is 11.5. The minimum absolute atomic E-state index is 0.321. The van der Waals surface area contributed by atoms with Crippen molar-refractivity contribution in [2.75, 3.05) is 7.11 Å². The summed E-state index contributed by atoms with van der Waals surface area (Å²) in [6.45, 7) is 3.85. The first-order valence-electron chi connectivity index (χ1n) is 7.97. The Morgan fingerprint density at radius 3 is 2.80 bits per heavy atom. The van der Waals surface area contributed by atoms with Crippen molar-refractivity contribution >= 4 is 16.8 Å². The molecule has 25 heavy (non-hydrogen) atoms. The number of hydrogen-bond acceptors (Lipinski definition) is 5. The van der Waals surface area contributed by atoms with Crippen LogP contribution in [0.5, 0.6) is 5.75 Å². The monoisotopic (exact) mass is 340 g/mol. The standard InChI is InChI=1S/C18H20N4O3/c1-11(17-21-12(2)22-25-17)20-18(23)19-10-15-14-7-5-4-6-13(14)8-9-16(15)24-3/h4-9,11H,10H2,1-3H3,(H2,19,20,23)/t11-/m0/s1. The second-order valence-corrected chi connectivity index (χ2v) is 5.70. The quantitative estimate of drug-likeness (QED) is 0.745. The summed E-state index contributed by atoms with van der Waals surface area (Å²) in [5.41, 5.74) is 0.928. The lowest BCUT2D eigenvalue weighted by Crippen LogP contribution is -2.36. The van der Waals surface area contributed by atoms with Gasteiger partial charge in [0.05, 0.1) is 7.11 Å². The second kappa shape index (κ2) is 7.21. The number of carbonyl (C=O) groups excluding carboxylic acids is 1. The molecule has 1 heterocycles. The molecular formula is C18H20N4O3. The minimum Gasteiger partial charge on any atom is -0.496 e. The van der Waals surface area contributed by atoms with E-state index in [-0.39, 0.29) is 12.1 Å². The van der Waals surface area contributed by atoms with E-state index in [1.807, 2.05) is 36.4 Å². The fourth-order valence-corrected chi connectivity index (χ4v) is 2.66. The average Bonchev–Trinajstić information content (AvgIpc) is 3.06. The van der Waals surface area contributed by atoms with Crippen LogP contribution < -0.4 is 15.4 Å². The van der Waals surface area contributed by atoms with E-state index in [4.69, 9.17) is 9.26 Å². The number of aromatic nitrogens is 2. The van der Waals surface area contributed by atoms with Gasteiger partial charge in [-0.1, -0.05) is 35.5 Å². The van der Waals surface area contributed by atoms with E-state index in [0.29, 0.717) is 18.3 Å². The van der Waals surface area contributed by atoms with Gasteiger partial charge in [-0.3, -0.25) is 0 Å². The van der Waals surface area contributed by atoms with Gasteiger partial charge in [0, 0.05) is 12.1 Å². The summed E-state index contributed by atoms with van der Waals surface area (Å²) < 4.78 is 10.5. The molecule has 1 atom stereocenters. The maximum atomic E-state index is 12.2. The first-order chi connectivity index (χ1) is 12.1. The molecule has 0 aliphatic carbocycles. The third-order valence-electron chi connectivity index (χ3n) is 3.90. The van der Waals surface area contributed by atoms with E-state index < -0.39 is 0 Å². The van der Waals surface area contributed by atoms with Crippen LogP contribution in [0.4, 0.5) is 4.79 Å². The number of aryl methyl sites for hydroxylation is 1. The molecule has 3 aromatic rings. The van der Waals surface area contributed by atoms with Crippen molar-refractivity contribution in [2.45, 2.75) is 26.4 Å². The van der Waals surface area contributed by atoms with Gasteiger partial charge in [-0.05, 0) is 30.7 Å². The molecule has 130 valence electrons. The summed E-state index contributed by atoms with van der Waals surface area (Å²) in [6, 6.07) is 11.2. The Morgan fingerprint density at radius 2 is 2.08 bits per heavy atom. The van der Waals surface area contributed by atoms with Crippen molar-refractivity contribution in [2.24, 2.45) is 0 Å². The van der Waals surface area contributed by atoms with Crippen LogP contribution in [0.15, 0.2) is 40.9 Å². The lowest BCUT2D eigenvalue weighted by Gasteiger charge is -2.15. The van der Waals surface area contributed by atoms with Crippen molar-refractivity contribution < 1.29 is 14.1 Å². The predicted octanol–water partition coefficient (Wildman–Crippen LogP) is 3.10. The van der Waals surface area contributed by atoms with E-state index in [1.54, 1.807) is 21.0 Å². The molecule has 0 bridgehead atoms. The van der Waals surface area contributed by atoms with Crippen molar-refractivity contribution in [3.8, 4) is 5.75 Å². The molecular weight excluding hydrogens is 320 g/mol. The molecule has 1 aromatic heterocycles. The minimum atomic E-state index is -0.379. The summed E-state index contributed by atoms with van der Waals surface area (Å²) in [7, 11) is 1.62. The summed E-state index contributed by atoms with van der Waals surface area (Å²) in [4.78, 5) is 16.3. The van der Waals surface area contributed by atoms with Crippen molar-refractivity contribution in [1.82, 2.24) is 20.8 Å². The van der Waals surface area contributed by atoms with E-state index in [1.165, 1.54) is 0 Å². The van der Waals surface area contributed by atoms with Gasteiger partial charge in [0.25, 0.3) is 0 Å². The molecule has 2 amide bonds. The molecule has 0 saturated heterocycles. The molecule has 0 saturated carbocycles. The Bertz CT molecular complexity index is 891. The van der Waals surface area contributed by atoms with Gasteiger partial charge in [-0.15, -0.1) is 0 Å². The Labute approximate surface area is 145 Å². The highest BCUT2D eigenvalue weighted by Crippen LogP contribution is 2.27. The van der Waals surface area contributed by atoms with E-state index in [2.05, 4.69) is 20.8 Å². The maximum absolute atomic E-state index is 12.2. The largest absolute Gasteiger partial charge is 0.496 e. The predicted molar refractivity (Wildman–Crippen MR) is 93.3 cm³/mol. The van der Waals surface area contributed by atoms with Gasteiger partial charge < -0.3 is 19.9 Å². The van der Waals surface area contributed by atoms with E-state index in [0.717, 1.165) is 22.1 Å². The van der Waals surface area contributed by atoms with Gasteiger partial charge in [0.15, 0.2) is 5.82 Å². The smallest absolute Gasteiger partial charge is 0.315 e. The second-order valence-electron chi connectivity index (χ2n) is 5.70. The highest BCUT2D eigenvalue weighted by atomic mass is 16.5. The number of nitrogens with one attached hydrogen (secondary N) is 2. The molecule has 7 nitrogen and oxygen atoms in total. The number of fused-ring (bicyclic) bond motifs is 1. The number of hydrogen-bond donors (Lipinski definition) is 2. The Kier molecular flexibility index (Phi) is 4.83. The maximum Gasteiger partial charge on any atom is 0.315 e. The van der Waals surface area contributed by atoms with Crippen LogP contribution in [0.25, 0.3) is 10.8 Å². The van der Waals surface area contributed by atoms with Crippen molar-refractivity contribution in [3.63, 3.8) is 0 Å². The molecule has 0 aliphatic heterocycles. The number of benzene rings is 2. The van der Waals surface area contributed by atoms with Crippen LogP contribution in [0.1, 0.15) is 30.2 Å². The number of methoxy groups -OCH3 is 1. The van der Waals surface area contributed by atoms with E-state index in [9.17, 15) is 4.79 Å². The first kappa shape index (κ1) is 16.8. The van der Waals surface area contributed by atoms with Crippen LogP contribution in [-0.4, -0.2) is 23.3 Å². The van der Waals surface area contributed by atoms with Gasteiger partial charge in [0.2, 0.25) is 5.89 Å². The van der Waals surface area contributed by atoms with Crippen molar-refractivity contribution in [3.05, 3.63) is 53.7 Å². The van der Waals surface area contributed by atoms with Crippen molar-refractivity contribution in [1.29, 1.82) is 0 Å². The Morgan fingerprint density at radius 1 is 1.28 bits per heavy atom. The molecule has 0 fully saturated rings. The summed E-state index contributed by atoms with van der Waals surface area (Å²) in [5.74, 6) is 1.64. The Hall–Kier alpha value is -3.09. The zero-order chi connectivity index (χ0) is 17.8. The molecule has 2 N–H and O–H groups in total. The summed E-state index contributed by atoms with van der Waals surface area (Å²) >= 11 is 0. The SMILES string of the molecule is COc1ccc2ccccc2c1CNC(=O)N[C@@H](C)c1nc(C)no1. The summed E-state index contributed by atoms with van der Waals surface area (Å²) in [6.07, 6.45) is 0. The van der Waals surface area contributed by atoms with Gasteiger partial charge in [0.1, 0.15) is 11.8 Å². The zero-order valence-electron chi connectivity index (χ0n) is 14.4. The van der Waals surface area contributed by atoms with Crippen LogP contribution >= 0.6 is 0 Å². The van der Waals surface area contributed by atoms with Crippen LogP contribution in [-0.2, 0) is 6.54 Å². The average molecular weight is 340 g/mol. The molecule has 0 spiro atoms. The third kappa shape index (κ3) is 3.71. The number of amides is 2. The Balaban J connectivity index is 1.70. The van der Waals surface area contributed by atoms with E-state index >= 15 is 0 Å². The topological polar surface area (TPSA) is 89.3 Å². The number of rotatable bonds is 5. The normalized spacial score (nSPS) is 12.0. The third-order valence-corrected chi connectivity index (χ3v) is 3.90. The molecule has 3 rings (SSSR count). The molecule has 0 radical (unpaired) electrons. The van der Waals surface area contributed by atoms with Gasteiger partial charge in [-0.2, -0.15) is 4.98 Å². The lowest BCUT2D eigenvalue weighted by molar-refractivity contribution is 0.233. The van der Waals surface area contributed by atoms with Gasteiger partial charge >= 0.3 is 6.03 Å². The first-order valence-corrected chi connectivity index (χ1v) is 7.97. The molecule has 2 aromatic carbocycles. The number of urea groups is 1. The number of ether oxygens (including phenoxy) is 1. The van der Waals surface area contributed by atoms with Crippen LogP contribution in [0.3, 0.4) is 0 Å². The number of carbonyl (C=O) groups is 1. The lowest BCUT2D eigenvalue weighted by atomic mass is 10.0. The fourth-order valence-electron chi connectivity index (χ4n) is 2.66. The molecule has 7 heteroatoms. The fraction of sp³-hybridized carbons (Fsp3) is 0.278.